The quantitative estimate of drug-likeness (QED) is 0.128. The van der Waals surface area contributed by atoms with Crippen LogP contribution in [0.1, 0.15) is 87.8 Å². The Morgan fingerprint density at radius 1 is 0.783 bits per heavy atom. The van der Waals surface area contributed by atoms with Crippen molar-refractivity contribution in [3.05, 3.63) is 106 Å². The number of aliphatic carboxylic acids is 1. The number of nitrogens with one attached hydrogen (secondary N) is 1. The maximum atomic E-state index is 12.8. The molecule has 0 saturated carbocycles. The third-order valence-electron chi connectivity index (χ3n) is 8.57. The Hall–Kier alpha value is -3.94. The molecule has 0 bridgehead atoms. The second-order valence-electron chi connectivity index (χ2n) is 12.7. The maximum Gasteiger partial charge on any atom is 0.317 e. The summed E-state index contributed by atoms with van der Waals surface area (Å²) in [7, 11) is 0. The summed E-state index contributed by atoms with van der Waals surface area (Å²) in [5.74, 6) is -0.167. The highest BCUT2D eigenvalue weighted by Gasteiger charge is 2.17. The number of carbonyl (C=O) groups excluding carboxylic acids is 1. The molecule has 3 aromatic carbocycles. The van der Waals surface area contributed by atoms with E-state index < -0.39 is 5.97 Å². The molecule has 0 aliphatic carbocycles. The van der Waals surface area contributed by atoms with E-state index in [2.05, 4.69) is 112 Å². The lowest BCUT2D eigenvalue weighted by molar-refractivity contribution is -0.138. The molecule has 1 heterocycles. The average molecular weight is 640 g/mol. The minimum atomic E-state index is -0.959. The fraction of sp³-hybridized carbons (Fsp3) is 0.385. The summed E-state index contributed by atoms with van der Waals surface area (Å²) in [5.41, 5.74) is 8.01. The fourth-order valence-corrected chi connectivity index (χ4v) is 6.75. The second-order valence-corrected chi connectivity index (χ2v) is 13.7. The number of hydrogen-bond donors (Lipinski definition) is 2. The predicted octanol–water partition coefficient (Wildman–Crippen LogP) is 9.38. The molecule has 2 N–H and O–H groups in total. The standard InChI is InChI=1S/C39H49N3O3S/c1-7-30(8-2)32-15-19-36(20-16-32)42(28(5)6)22-29-9-11-33(12-10-29)34-21-37(46-26-34)23-41(25-39(44)45)24-38(43)40-35-17-13-31(14-18-35)27(3)4/h9-21,26-28,30H,7-8,22-25H2,1-6H3,(H,40,43)(H,44,45). The first kappa shape index (κ1) is 34.9. The van der Waals surface area contributed by atoms with Crippen LogP contribution in [0, 0.1) is 0 Å². The summed E-state index contributed by atoms with van der Waals surface area (Å²) >= 11 is 1.58. The molecule has 1 amide bonds. The van der Waals surface area contributed by atoms with Crippen LogP contribution >= 0.6 is 11.3 Å². The van der Waals surface area contributed by atoms with Gasteiger partial charge in [-0.3, -0.25) is 14.5 Å². The van der Waals surface area contributed by atoms with Gasteiger partial charge in [-0.1, -0.05) is 76.2 Å². The van der Waals surface area contributed by atoms with Gasteiger partial charge in [0.15, 0.2) is 0 Å². The normalized spacial score (nSPS) is 11.5. The molecule has 0 radical (unpaired) electrons. The van der Waals surface area contributed by atoms with Crippen LogP contribution in [-0.4, -0.2) is 41.0 Å². The minimum Gasteiger partial charge on any atom is -0.480 e. The first-order valence-electron chi connectivity index (χ1n) is 16.4. The van der Waals surface area contributed by atoms with Crippen molar-refractivity contribution in [1.29, 1.82) is 0 Å². The lowest BCUT2D eigenvalue weighted by atomic mass is 9.94. The maximum absolute atomic E-state index is 12.8. The molecule has 0 aliphatic rings. The second kappa shape index (κ2) is 16.6. The van der Waals surface area contributed by atoms with Crippen molar-refractivity contribution in [2.24, 2.45) is 0 Å². The third kappa shape index (κ3) is 9.78. The van der Waals surface area contributed by atoms with Gasteiger partial charge in [-0.05, 0) is 102 Å². The molecule has 244 valence electrons. The Bertz CT molecular complexity index is 1540. The van der Waals surface area contributed by atoms with E-state index in [4.69, 9.17) is 0 Å². The van der Waals surface area contributed by atoms with Crippen molar-refractivity contribution in [3.8, 4) is 11.1 Å². The molecule has 7 heteroatoms. The van der Waals surface area contributed by atoms with Crippen LogP contribution in [0.3, 0.4) is 0 Å². The van der Waals surface area contributed by atoms with Crippen LogP contribution in [0.25, 0.3) is 11.1 Å². The molecule has 46 heavy (non-hydrogen) atoms. The topological polar surface area (TPSA) is 72.9 Å². The smallest absolute Gasteiger partial charge is 0.317 e. The zero-order valence-electron chi connectivity index (χ0n) is 28.1. The fourth-order valence-electron chi connectivity index (χ4n) is 5.82. The van der Waals surface area contributed by atoms with E-state index in [1.165, 1.54) is 22.4 Å². The van der Waals surface area contributed by atoms with E-state index in [1.54, 1.807) is 16.2 Å². The largest absolute Gasteiger partial charge is 0.480 e. The average Bonchev–Trinajstić information content (AvgIpc) is 3.49. The number of benzene rings is 3. The van der Waals surface area contributed by atoms with E-state index in [1.807, 2.05) is 24.3 Å². The van der Waals surface area contributed by atoms with E-state index in [-0.39, 0.29) is 19.0 Å². The van der Waals surface area contributed by atoms with Gasteiger partial charge in [-0.15, -0.1) is 11.3 Å². The van der Waals surface area contributed by atoms with E-state index in [0.717, 1.165) is 35.4 Å². The van der Waals surface area contributed by atoms with Gasteiger partial charge < -0.3 is 15.3 Å². The Kier molecular flexibility index (Phi) is 12.6. The number of anilines is 2. The first-order valence-corrected chi connectivity index (χ1v) is 17.3. The molecule has 0 aliphatic heterocycles. The van der Waals surface area contributed by atoms with Crippen molar-refractivity contribution >= 4 is 34.6 Å². The molecule has 6 nitrogen and oxygen atoms in total. The molecule has 0 spiro atoms. The van der Waals surface area contributed by atoms with Gasteiger partial charge in [0, 0.05) is 35.4 Å². The molecule has 4 rings (SSSR count). The van der Waals surface area contributed by atoms with Gasteiger partial charge in [-0.2, -0.15) is 0 Å². The van der Waals surface area contributed by atoms with Crippen LogP contribution in [0.4, 0.5) is 11.4 Å². The lowest BCUT2D eigenvalue weighted by Crippen LogP contribution is -2.36. The van der Waals surface area contributed by atoms with E-state index in [9.17, 15) is 14.7 Å². The molecular formula is C39H49N3O3S. The monoisotopic (exact) mass is 639 g/mol. The van der Waals surface area contributed by atoms with Crippen LogP contribution in [0.15, 0.2) is 84.2 Å². The number of carboxylic acids is 1. The third-order valence-corrected chi connectivity index (χ3v) is 9.49. The van der Waals surface area contributed by atoms with E-state index >= 15 is 0 Å². The van der Waals surface area contributed by atoms with Gasteiger partial charge in [0.1, 0.15) is 0 Å². The highest BCUT2D eigenvalue weighted by atomic mass is 32.1. The Labute approximate surface area is 279 Å². The van der Waals surface area contributed by atoms with Crippen LogP contribution < -0.4 is 10.2 Å². The number of rotatable bonds is 16. The number of hydrogen-bond acceptors (Lipinski definition) is 5. The van der Waals surface area contributed by atoms with Crippen molar-refractivity contribution < 1.29 is 14.7 Å². The van der Waals surface area contributed by atoms with Crippen LogP contribution in [0.2, 0.25) is 0 Å². The van der Waals surface area contributed by atoms with Gasteiger partial charge in [-0.25, -0.2) is 0 Å². The zero-order chi connectivity index (χ0) is 33.2. The summed E-state index contributed by atoms with van der Waals surface area (Å²) in [6.45, 7) is 14.2. The van der Waals surface area contributed by atoms with Gasteiger partial charge in [0.05, 0.1) is 13.1 Å². The predicted molar refractivity (Wildman–Crippen MR) is 193 cm³/mol. The molecule has 0 saturated heterocycles. The molecule has 0 fully saturated rings. The van der Waals surface area contributed by atoms with Crippen molar-refractivity contribution in [1.82, 2.24) is 4.90 Å². The number of amides is 1. The van der Waals surface area contributed by atoms with Gasteiger partial charge in [0.2, 0.25) is 5.91 Å². The number of nitrogens with zero attached hydrogens (tertiary/aromatic N) is 2. The highest BCUT2D eigenvalue weighted by Crippen LogP contribution is 2.29. The van der Waals surface area contributed by atoms with Crippen molar-refractivity contribution in [2.75, 3.05) is 23.3 Å². The van der Waals surface area contributed by atoms with Crippen molar-refractivity contribution in [3.63, 3.8) is 0 Å². The lowest BCUT2D eigenvalue weighted by Gasteiger charge is -2.30. The summed E-state index contributed by atoms with van der Waals surface area (Å²) in [6.07, 6.45) is 2.32. The summed E-state index contributed by atoms with van der Waals surface area (Å²) < 4.78 is 0. The number of carboxylic acid groups (broad SMARTS) is 1. The first-order chi connectivity index (χ1) is 22.1. The molecule has 4 aromatic rings. The van der Waals surface area contributed by atoms with E-state index in [0.29, 0.717) is 30.1 Å². The summed E-state index contributed by atoms with van der Waals surface area (Å²) in [4.78, 5) is 29.5. The van der Waals surface area contributed by atoms with Crippen LogP contribution in [0.5, 0.6) is 0 Å². The highest BCUT2D eigenvalue weighted by molar-refractivity contribution is 7.10. The Balaban J connectivity index is 1.38. The van der Waals surface area contributed by atoms with Gasteiger partial charge >= 0.3 is 5.97 Å². The number of carbonyl (C=O) groups is 2. The molecular weight excluding hydrogens is 591 g/mol. The zero-order valence-corrected chi connectivity index (χ0v) is 28.9. The van der Waals surface area contributed by atoms with Gasteiger partial charge in [0.25, 0.3) is 0 Å². The minimum absolute atomic E-state index is 0.00692. The van der Waals surface area contributed by atoms with Crippen LogP contribution in [-0.2, 0) is 22.7 Å². The summed E-state index contributed by atoms with van der Waals surface area (Å²) in [5, 5.41) is 14.5. The Morgan fingerprint density at radius 3 is 1.98 bits per heavy atom. The SMILES string of the molecule is CCC(CC)c1ccc(N(Cc2ccc(-c3csc(CN(CC(=O)O)CC(=O)Nc4ccc(C(C)C)cc4)c3)cc2)C(C)C)cc1. The Morgan fingerprint density at radius 2 is 1.41 bits per heavy atom. The van der Waals surface area contributed by atoms with Crippen molar-refractivity contribution in [2.45, 2.75) is 85.4 Å². The molecule has 0 atom stereocenters. The molecule has 1 aromatic heterocycles. The number of thiophene rings is 1. The summed E-state index contributed by atoms with van der Waals surface area (Å²) in [6, 6.07) is 28.0. The molecule has 0 unspecified atom stereocenters.